The Kier molecular flexibility index (Phi) is 8.34. The van der Waals surface area contributed by atoms with Crippen molar-refractivity contribution in [2.75, 3.05) is 23.9 Å². The summed E-state index contributed by atoms with van der Waals surface area (Å²) in [6.45, 7) is 0.951. The van der Waals surface area contributed by atoms with Crippen LogP contribution in [0.4, 0.5) is 15.9 Å². The molecule has 8 nitrogen and oxygen atoms in total. The lowest BCUT2D eigenvalue weighted by Gasteiger charge is -2.15. The van der Waals surface area contributed by atoms with Crippen LogP contribution >= 0.6 is 11.6 Å². The average Bonchev–Trinajstić information content (AvgIpc) is 3.67. The normalized spacial score (nSPS) is 14.1. The van der Waals surface area contributed by atoms with E-state index >= 15 is 0 Å². The highest BCUT2D eigenvalue weighted by Gasteiger charge is 2.26. The van der Waals surface area contributed by atoms with E-state index in [1.54, 1.807) is 24.3 Å². The summed E-state index contributed by atoms with van der Waals surface area (Å²) in [5.41, 5.74) is 2.93. The minimum Gasteiger partial charge on any atom is -0.487 e. The molecule has 0 bridgehead atoms. The zero-order chi connectivity index (χ0) is 30.0. The summed E-state index contributed by atoms with van der Waals surface area (Å²) in [6.07, 6.45) is 5.05. The van der Waals surface area contributed by atoms with Gasteiger partial charge in [-0.25, -0.2) is 22.8 Å². The predicted molar refractivity (Wildman–Crippen MR) is 166 cm³/mol. The molecule has 0 amide bonds. The molecule has 43 heavy (non-hydrogen) atoms. The fourth-order valence-electron chi connectivity index (χ4n) is 4.80. The Labute approximate surface area is 254 Å². The molecule has 5 aromatic rings. The van der Waals surface area contributed by atoms with E-state index in [1.165, 1.54) is 24.7 Å². The Hall–Kier alpha value is -3.99. The number of benzene rings is 3. The van der Waals surface area contributed by atoms with E-state index in [-0.39, 0.29) is 18.2 Å². The van der Waals surface area contributed by atoms with Gasteiger partial charge in [0, 0.05) is 22.9 Å². The number of fused-ring (bicyclic) bond motifs is 1. The number of sulfone groups is 1. The summed E-state index contributed by atoms with van der Waals surface area (Å²) in [5, 5.41) is 7.84. The number of rotatable bonds is 12. The Morgan fingerprint density at radius 1 is 1.07 bits per heavy atom. The van der Waals surface area contributed by atoms with Crippen molar-refractivity contribution in [3.63, 3.8) is 0 Å². The second-order valence-electron chi connectivity index (χ2n) is 10.8. The number of ether oxygens (including phenoxy) is 1. The largest absolute Gasteiger partial charge is 0.487 e. The molecular formula is C32H30ClFN4O4S. The van der Waals surface area contributed by atoms with Crippen molar-refractivity contribution in [1.29, 1.82) is 0 Å². The van der Waals surface area contributed by atoms with Gasteiger partial charge in [-0.15, -0.1) is 0 Å². The molecule has 1 saturated carbocycles. The summed E-state index contributed by atoms with van der Waals surface area (Å²) < 4.78 is 49.7. The summed E-state index contributed by atoms with van der Waals surface area (Å²) in [6, 6.07) is 20.5. The third-order valence-electron chi connectivity index (χ3n) is 7.19. The van der Waals surface area contributed by atoms with Crippen molar-refractivity contribution in [1.82, 2.24) is 15.3 Å². The van der Waals surface area contributed by atoms with Crippen LogP contribution in [0, 0.1) is 11.7 Å². The van der Waals surface area contributed by atoms with E-state index < -0.39 is 15.9 Å². The molecule has 1 aliphatic rings. The van der Waals surface area contributed by atoms with Crippen molar-refractivity contribution in [3.05, 3.63) is 101 Å². The van der Waals surface area contributed by atoms with Crippen LogP contribution in [0.15, 0.2) is 83.5 Å². The van der Waals surface area contributed by atoms with Crippen molar-refractivity contribution in [2.24, 2.45) is 5.92 Å². The lowest BCUT2D eigenvalue weighted by Crippen LogP contribution is -2.29. The number of aromatic nitrogens is 2. The molecule has 1 fully saturated rings. The quantitative estimate of drug-likeness (QED) is 0.152. The minimum absolute atomic E-state index is 0.0382. The van der Waals surface area contributed by atoms with Gasteiger partial charge in [-0.05, 0) is 91.5 Å². The van der Waals surface area contributed by atoms with Crippen molar-refractivity contribution in [2.45, 2.75) is 25.5 Å². The SMILES string of the molecule is CS(=O)(=O)C[C@@H](NCC1CC1)c1ccc(-c2ccc3ncnc(Nc4ccc(OCc5cccc(F)c5)c(Cl)c4)c3c2)o1. The third-order valence-corrected chi connectivity index (χ3v) is 8.42. The van der Waals surface area contributed by atoms with Crippen LogP contribution in [-0.4, -0.2) is 36.9 Å². The highest BCUT2D eigenvalue weighted by molar-refractivity contribution is 7.90. The number of hydrogen-bond acceptors (Lipinski definition) is 8. The van der Waals surface area contributed by atoms with Gasteiger partial charge in [0.05, 0.1) is 22.3 Å². The first-order chi connectivity index (χ1) is 20.7. The Bertz CT molecular complexity index is 1880. The van der Waals surface area contributed by atoms with Gasteiger partial charge in [-0.1, -0.05) is 23.7 Å². The molecule has 0 unspecified atom stereocenters. The van der Waals surface area contributed by atoms with Crippen LogP contribution in [-0.2, 0) is 16.4 Å². The molecule has 2 N–H and O–H groups in total. The van der Waals surface area contributed by atoms with Crippen molar-refractivity contribution < 1.29 is 22.0 Å². The number of anilines is 2. The van der Waals surface area contributed by atoms with Crippen LogP contribution in [0.2, 0.25) is 5.02 Å². The van der Waals surface area contributed by atoms with E-state index in [4.69, 9.17) is 20.8 Å². The molecule has 2 heterocycles. The molecular weight excluding hydrogens is 591 g/mol. The van der Waals surface area contributed by atoms with E-state index in [1.807, 2.05) is 36.4 Å². The number of hydrogen-bond donors (Lipinski definition) is 2. The summed E-state index contributed by atoms with van der Waals surface area (Å²) in [5.74, 6) is 2.48. The topological polar surface area (TPSA) is 106 Å². The Morgan fingerprint density at radius 2 is 1.93 bits per heavy atom. The van der Waals surface area contributed by atoms with Gasteiger partial charge in [-0.3, -0.25) is 0 Å². The fourth-order valence-corrected chi connectivity index (χ4v) is 5.92. The van der Waals surface area contributed by atoms with E-state index in [9.17, 15) is 12.8 Å². The highest BCUT2D eigenvalue weighted by Crippen LogP contribution is 2.34. The zero-order valence-corrected chi connectivity index (χ0v) is 25.0. The second kappa shape index (κ2) is 12.3. The third kappa shape index (κ3) is 7.51. The lowest BCUT2D eigenvalue weighted by atomic mass is 10.1. The number of halogens is 2. The van der Waals surface area contributed by atoms with Crippen LogP contribution in [0.5, 0.6) is 5.75 Å². The van der Waals surface area contributed by atoms with E-state index in [2.05, 4.69) is 20.6 Å². The molecule has 6 rings (SSSR count). The molecule has 11 heteroatoms. The molecule has 0 radical (unpaired) electrons. The first-order valence-electron chi connectivity index (χ1n) is 13.9. The lowest BCUT2D eigenvalue weighted by molar-refractivity contribution is 0.306. The standard InChI is InChI=1S/C32H30ClFN4O4S/c1-43(39,40)18-28(35-16-20-5-6-20)31-12-11-29(42-31)22-7-9-27-25(14-22)32(37-19-36-27)38-24-8-10-30(26(33)15-24)41-17-21-3-2-4-23(34)13-21/h2-4,7-15,19-20,28,35H,5-6,16-18H2,1H3,(H,36,37,38)/t28-/m1/s1. The monoisotopic (exact) mass is 620 g/mol. The Morgan fingerprint density at radius 3 is 2.70 bits per heavy atom. The maximum absolute atomic E-state index is 13.5. The Balaban J connectivity index is 1.21. The molecule has 3 aromatic carbocycles. The molecule has 222 valence electrons. The highest BCUT2D eigenvalue weighted by atomic mass is 35.5. The van der Waals surface area contributed by atoms with Gasteiger partial charge in [0.15, 0.2) is 0 Å². The smallest absolute Gasteiger partial charge is 0.149 e. The predicted octanol–water partition coefficient (Wildman–Crippen LogP) is 7.09. The molecule has 2 aromatic heterocycles. The summed E-state index contributed by atoms with van der Waals surface area (Å²) in [7, 11) is -3.22. The molecule has 0 saturated heterocycles. The maximum atomic E-state index is 13.5. The van der Waals surface area contributed by atoms with Gasteiger partial charge >= 0.3 is 0 Å². The molecule has 1 aliphatic carbocycles. The summed E-state index contributed by atoms with van der Waals surface area (Å²) >= 11 is 6.50. The van der Waals surface area contributed by atoms with E-state index in [0.717, 1.165) is 35.9 Å². The van der Waals surface area contributed by atoms with Gasteiger partial charge in [0.25, 0.3) is 0 Å². The van der Waals surface area contributed by atoms with Gasteiger partial charge in [0.1, 0.15) is 51.7 Å². The summed E-state index contributed by atoms with van der Waals surface area (Å²) in [4.78, 5) is 8.85. The first kappa shape index (κ1) is 29.1. The molecule has 0 spiro atoms. The second-order valence-corrected chi connectivity index (χ2v) is 13.4. The van der Waals surface area contributed by atoms with Gasteiger partial charge < -0.3 is 19.8 Å². The maximum Gasteiger partial charge on any atom is 0.149 e. The van der Waals surface area contributed by atoms with Crippen molar-refractivity contribution >= 4 is 43.8 Å². The van der Waals surface area contributed by atoms with Crippen molar-refractivity contribution in [3.8, 4) is 17.1 Å². The average molecular weight is 621 g/mol. The van der Waals surface area contributed by atoms with Crippen LogP contribution in [0.3, 0.4) is 0 Å². The van der Waals surface area contributed by atoms with Crippen LogP contribution in [0.25, 0.3) is 22.2 Å². The van der Waals surface area contributed by atoms with E-state index in [0.29, 0.717) is 45.3 Å². The van der Waals surface area contributed by atoms with Gasteiger partial charge in [-0.2, -0.15) is 0 Å². The number of furan rings is 1. The number of nitrogens with one attached hydrogen (secondary N) is 2. The minimum atomic E-state index is -3.22. The molecule has 0 aliphatic heterocycles. The van der Waals surface area contributed by atoms with Crippen LogP contribution in [0.1, 0.15) is 30.2 Å². The number of nitrogens with zero attached hydrogens (tertiary/aromatic N) is 2. The molecule has 1 atom stereocenters. The fraction of sp³-hybridized carbons (Fsp3) is 0.250. The zero-order valence-electron chi connectivity index (χ0n) is 23.4. The first-order valence-corrected chi connectivity index (χ1v) is 16.3. The van der Waals surface area contributed by atoms with Crippen LogP contribution < -0.4 is 15.4 Å². The van der Waals surface area contributed by atoms with Gasteiger partial charge in [0.2, 0.25) is 0 Å².